The minimum atomic E-state index is -1.44. The first kappa shape index (κ1) is 47.6. The van der Waals surface area contributed by atoms with Crippen molar-refractivity contribution in [1.82, 2.24) is 15.7 Å². The Bertz CT molecular complexity index is 1710. The Balaban J connectivity index is 1.14. The number of amides is 5. The number of ether oxygens (including phenoxy) is 7. The van der Waals surface area contributed by atoms with Crippen LogP contribution in [-0.4, -0.2) is 146 Å². The Hall–Kier alpha value is -5.08. The maximum Gasteiger partial charge on any atom is 0.335 e. The largest absolute Gasteiger partial charge is 0.382 e. The number of rotatable bonds is 29. The van der Waals surface area contributed by atoms with Gasteiger partial charge in [-0.15, -0.1) is 5.06 Å². The lowest BCUT2D eigenvalue weighted by atomic mass is 10.0. The lowest BCUT2D eigenvalue weighted by Gasteiger charge is -2.27. The molecular formula is C42H56N4O14. The van der Waals surface area contributed by atoms with Crippen LogP contribution in [0.15, 0.2) is 48.5 Å². The van der Waals surface area contributed by atoms with Gasteiger partial charge in [0.1, 0.15) is 6.04 Å². The molecule has 0 bridgehead atoms. The molecule has 0 unspecified atom stereocenters. The van der Waals surface area contributed by atoms with Crippen LogP contribution in [-0.2, 0) is 73.3 Å². The van der Waals surface area contributed by atoms with Crippen molar-refractivity contribution in [3.8, 4) is 0 Å². The molecule has 1 saturated heterocycles. The topological polar surface area (TPSA) is 207 Å². The number of methoxy groups -OCH3 is 1. The maximum absolute atomic E-state index is 13.7. The third-order valence-electron chi connectivity index (χ3n) is 8.98. The van der Waals surface area contributed by atoms with Crippen molar-refractivity contribution < 1.29 is 66.8 Å². The van der Waals surface area contributed by atoms with Crippen molar-refractivity contribution in [3.05, 3.63) is 65.2 Å². The molecule has 2 aromatic carbocycles. The monoisotopic (exact) mass is 840 g/mol. The van der Waals surface area contributed by atoms with Gasteiger partial charge in [0, 0.05) is 39.3 Å². The van der Waals surface area contributed by atoms with Crippen molar-refractivity contribution in [2.24, 2.45) is 0 Å². The predicted molar refractivity (Wildman–Crippen MR) is 216 cm³/mol. The summed E-state index contributed by atoms with van der Waals surface area (Å²) in [5.41, 5.74) is 3.42. The maximum atomic E-state index is 13.7. The van der Waals surface area contributed by atoms with Crippen molar-refractivity contribution in [1.29, 1.82) is 0 Å². The van der Waals surface area contributed by atoms with E-state index < -0.39 is 42.1 Å². The number of para-hydroxylation sites is 1. The number of fused-ring (bicyclic) bond motifs is 2. The van der Waals surface area contributed by atoms with Gasteiger partial charge in [-0.1, -0.05) is 54.6 Å². The number of nitrogens with one attached hydrogen (secondary N) is 2. The summed E-state index contributed by atoms with van der Waals surface area (Å²) in [4.78, 5) is 83.4. The van der Waals surface area contributed by atoms with Crippen LogP contribution in [0.2, 0.25) is 0 Å². The van der Waals surface area contributed by atoms with Gasteiger partial charge < -0.3 is 53.5 Å². The van der Waals surface area contributed by atoms with Gasteiger partial charge in [0.2, 0.25) is 17.7 Å². The van der Waals surface area contributed by atoms with E-state index >= 15 is 0 Å². The number of anilines is 1. The van der Waals surface area contributed by atoms with Gasteiger partial charge in [-0.2, -0.15) is 0 Å². The number of nitrogens with zero attached hydrogens (tertiary/aromatic N) is 2. The first-order chi connectivity index (χ1) is 29.3. The smallest absolute Gasteiger partial charge is 0.335 e. The minimum absolute atomic E-state index is 0.0302. The molecule has 0 radical (unpaired) electrons. The first-order valence-corrected chi connectivity index (χ1v) is 20.0. The van der Waals surface area contributed by atoms with Gasteiger partial charge in [0.15, 0.2) is 0 Å². The summed E-state index contributed by atoms with van der Waals surface area (Å²) in [5.74, 6) is -4.17. The Morgan fingerprint density at radius 1 is 0.650 bits per heavy atom. The summed E-state index contributed by atoms with van der Waals surface area (Å²) >= 11 is 0. The second-order valence-electron chi connectivity index (χ2n) is 13.4. The van der Waals surface area contributed by atoms with Crippen molar-refractivity contribution in [3.63, 3.8) is 0 Å². The lowest BCUT2D eigenvalue weighted by molar-refractivity contribution is -0.197. The second kappa shape index (κ2) is 27.6. The summed E-state index contributed by atoms with van der Waals surface area (Å²) in [5, 5.41) is 5.48. The van der Waals surface area contributed by atoms with Crippen molar-refractivity contribution in [2.75, 3.05) is 104 Å². The van der Waals surface area contributed by atoms with E-state index in [9.17, 15) is 28.8 Å². The van der Waals surface area contributed by atoms with Crippen LogP contribution >= 0.6 is 0 Å². The first-order valence-electron chi connectivity index (χ1n) is 20.0. The molecule has 0 spiro atoms. The number of carbonyl (C=O) groups excluding carboxylic acids is 6. The summed E-state index contributed by atoms with van der Waals surface area (Å²) in [6.45, 7) is 5.48. The molecule has 2 aliphatic heterocycles. The zero-order chi connectivity index (χ0) is 42.8. The van der Waals surface area contributed by atoms with E-state index in [0.29, 0.717) is 76.8 Å². The third kappa shape index (κ3) is 17.3. The van der Waals surface area contributed by atoms with E-state index in [1.165, 1.54) is 0 Å². The Kier molecular flexibility index (Phi) is 21.9. The van der Waals surface area contributed by atoms with E-state index in [0.717, 1.165) is 16.7 Å². The van der Waals surface area contributed by atoms with E-state index in [1.807, 2.05) is 60.7 Å². The van der Waals surface area contributed by atoms with E-state index in [-0.39, 0.29) is 64.5 Å². The highest BCUT2D eigenvalue weighted by Crippen LogP contribution is 2.29. The van der Waals surface area contributed by atoms with Gasteiger partial charge in [-0.25, -0.2) is 4.79 Å². The molecule has 60 heavy (non-hydrogen) atoms. The van der Waals surface area contributed by atoms with Gasteiger partial charge in [-0.3, -0.25) is 24.0 Å². The molecule has 2 aliphatic rings. The molecule has 5 amide bonds. The molecule has 4 rings (SSSR count). The van der Waals surface area contributed by atoms with Crippen molar-refractivity contribution in [2.45, 2.75) is 44.7 Å². The molecular weight excluding hydrogens is 784 g/mol. The molecule has 2 aromatic rings. The fourth-order valence-electron chi connectivity index (χ4n) is 5.88. The number of carbonyl (C=O) groups is 6. The third-order valence-corrected chi connectivity index (χ3v) is 8.98. The van der Waals surface area contributed by atoms with Crippen LogP contribution in [0.4, 0.5) is 5.69 Å². The molecule has 2 heterocycles. The van der Waals surface area contributed by atoms with Crippen LogP contribution in [0.25, 0.3) is 12.2 Å². The lowest BCUT2D eigenvalue weighted by Crippen LogP contribution is -2.49. The highest BCUT2D eigenvalue weighted by molar-refractivity contribution is 6.02. The molecule has 0 saturated carbocycles. The Morgan fingerprint density at radius 2 is 1.17 bits per heavy atom. The normalized spacial score (nSPS) is 14.5. The zero-order valence-corrected chi connectivity index (χ0v) is 34.1. The van der Waals surface area contributed by atoms with Gasteiger partial charge in [0.25, 0.3) is 11.8 Å². The molecule has 18 heteroatoms. The zero-order valence-electron chi connectivity index (χ0n) is 34.1. The van der Waals surface area contributed by atoms with Crippen LogP contribution in [0.5, 0.6) is 0 Å². The fraction of sp³-hybridized carbons (Fsp3) is 0.524. The number of benzene rings is 2. The van der Waals surface area contributed by atoms with Crippen molar-refractivity contribution >= 4 is 53.3 Å². The molecule has 18 nitrogen and oxygen atoms in total. The summed E-state index contributed by atoms with van der Waals surface area (Å²) < 4.78 is 37.5. The van der Waals surface area contributed by atoms with E-state index in [4.69, 9.17) is 38.0 Å². The SMILES string of the molecule is COCCOCCOCCOCCOCCOCCOCCNC(=O)[C@H](CC(=O)ON1C(=O)CCC1=O)NC(=O)CCC(=O)N1Cc2ccccc2/C=C\c2ccccc21. The number of hydroxylamine groups is 2. The summed E-state index contributed by atoms with van der Waals surface area (Å²) in [6, 6.07) is 13.7. The van der Waals surface area contributed by atoms with Gasteiger partial charge in [-0.05, 0) is 22.8 Å². The summed E-state index contributed by atoms with van der Waals surface area (Å²) in [7, 11) is 1.62. The Labute approximate surface area is 349 Å². The number of hydrogen-bond donors (Lipinski definition) is 2. The van der Waals surface area contributed by atoms with Crippen LogP contribution in [0.3, 0.4) is 0 Å². The van der Waals surface area contributed by atoms with Crippen LogP contribution in [0, 0.1) is 0 Å². The second-order valence-corrected chi connectivity index (χ2v) is 13.4. The van der Waals surface area contributed by atoms with Crippen LogP contribution < -0.4 is 15.5 Å². The minimum Gasteiger partial charge on any atom is -0.382 e. The average molecular weight is 841 g/mol. The highest BCUT2D eigenvalue weighted by atomic mass is 16.7. The quantitative estimate of drug-likeness (QED) is 0.0886. The molecule has 2 N–H and O–H groups in total. The molecule has 1 atom stereocenters. The highest BCUT2D eigenvalue weighted by Gasteiger charge is 2.34. The molecule has 0 aromatic heterocycles. The van der Waals surface area contributed by atoms with E-state index in [2.05, 4.69) is 10.6 Å². The van der Waals surface area contributed by atoms with Crippen LogP contribution in [0.1, 0.15) is 48.8 Å². The summed E-state index contributed by atoms with van der Waals surface area (Å²) in [6.07, 6.45) is 2.55. The molecule has 328 valence electrons. The predicted octanol–water partition coefficient (Wildman–Crippen LogP) is 1.83. The fourth-order valence-corrected chi connectivity index (χ4v) is 5.88. The van der Waals surface area contributed by atoms with E-state index in [1.54, 1.807) is 12.0 Å². The van der Waals surface area contributed by atoms with Gasteiger partial charge in [0.05, 0.1) is 105 Å². The Morgan fingerprint density at radius 3 is 1.77 bits per heavy atom. The molecule has 1 fully saturated rings. The number of imide groups is 1. The van der Waals surface area contributed by atoms with Gasteiger partial charge >= 0.3 is 5.97 Å². The molecule has 0 aliphatic carbocycles. The number of hydrogen-bond acceptors (Lipinski definition) is 14. The average Bonchev–Trinajstić information content (AvgIpc) is 3.55. The standard InChI is InChI=1S/C42H56N4O14/c1-53-18-19-55-22-23-57-26-27-59-29-28-58-25-24-56-21-20-54-17-16-43-42(52)35(30-41(51)60-46-39(49)14-15-40(46)50)44-37(47)12-13-38(48)45-31-34-8-3-2-6-32(34)10-11-33-7-4-5-9-36(33)45/h2-11,35H,12-31H2,1H3,(H,43,52)(H,44,47)/b11-10-/t35-/m0/s1.